The van der Waals surface area contributed by atoms with Gasteiger partial charge in [-0.3, -0.25) is 4.79 Å². The number of carbonyl (C=O) groups is 1. The molecule has 0 saturated carbocycles. The molecule has 0 aliphatic carbocycles. The molecule has 0 aromatic heterocycles. The van der Waals surface area contributed by atoms with Gasteiger partial charge >= 0.3 is 0 Å². The second-order valence-corrected chi connectivity index (χ2v) is 3.52. The minimum Gasteiger partial charge on any atom is -0.298 e. The molecule has 1 atom stereocenters. The van der Waals surface area contributed by atoms with Crippen LogP contribution in [-0.4, -0.2) is 6.29 Å². The van der Waals surface area contributed by atoms with Crippen molar-refractivity contribution in [3.8, 4) is 0 Å². The maximum atomic E-state index is 10.3. The van der Waals surface area contributed by atoms with Gasteiger partial charge in [0.25, 0.3) is 0 Å². The van der Waals surface area contributed by atoms with Crippen LogP contribution in [0.25, 0.3) is 0 Å². The zero-order chi connectivity index (χ0) is 9.56. The van der Waals surface area contributed by atoms with Crippen LogP contribution in [0, 0.1) is 5.92 Å². The summed E-state index contributed by atoms with van der Waals surface area (Å²) < 4.78 is 0. The molecular formula is C11H18O. The topological polar surface area (TPSA) is 17.1 Å². The molecule has 0 amide bonds. The van der Waals surface area contributed by atoms with E-state index in [2.05, 4.69) is 26.8 Å². The lowest BCUT2D eigenvalue weighted by Crippen LogP contribution is -1.90. The fraction of sp³-hybridized carbons (Fsp3) is 0.545. The van der Waals surface area contributed by atoms with Crippen molar-refractivity contribution in [1.29, 1.82) is 0 Å². The molecule has 0 radical (unpaired) electrons. The molecule has 0 bridgehead atoms. The van der Waals surface area contributed by atoms with Crippen LogP contribution in [0.2, 0.25) is 0 Å². The molecular weight excluding hydrogens is 148 g/mol. The summed E-state index contributed by atoms with van der Waals surface area (Å²) in [6, 6.07) is 0. The summed E-state index contributed by atoms with van der Waals surface area (Å²) in [5.74, 6) is 0.463. The lowest BCUT2D eigenvalue weighted by molar-refractivity contribution is -0.104. The number of allylic oxidation sites excluding steroid dienone is 4. The number of aldehydes is 1. The van der Waals surface area contributed by atoms with E-state index in [0.29, 0.717) is 5.92 Å². The number of hydrogen-bond acceptors (Lipinski definition) is 1. The third kappa shape index (κ3) is 5.90. The van der Waals surface area contributed by atoms with Crippen molar-refractivity contribution in [2.24, 2.45) is 5.92 Å². The molecule has 0 saturated heterocycles. The summed E-state index contributed by atoms with van der Waals surface area (Å²) in [5.41, 5.74) is 2.16. The first-order valence-electron chi connectivity index (χ1n) is 4.33. The highest BCUT2D eigenvalue weighted by atomic mass is 16.1. The lowest BCUT2D eigenvalue weighted by Gasteiger charge is -2.02. The van der Waals surface area contributed by atoms with Gasteiger partial charge in [-0.05, 0) is 38.7 Å². The summed E-state index contributed by atoms with van der Waals surface area (Å²) in [5, 5.41) is 0. The van der Waals surface area contributed by atoms with E-state index in [-0.39, 0.29) is 0 Å². The van der Waals surface area contributed by atoms with Crippen LogP contribution in [0.5, 0.6) is 0 Å². The molecule has 68 valence electrons. The quantitative estimate of drug-likeness (QED) is 0.356. The predicted molar refractivity (Wildman–Crippen MR) is 53.0 cm³/mol. The van der Waals surface area contributed by atoms with Crippen LogP contribution in [-0.2, 0) is 4.79 Å². The summed E-state index contributed by atoms with van der Waals surface area (Å²) in [7, 11) is 0. The van der Waals surface area contributed by atoms with Crippen molar-refractivity contribution in [2.75, 3.05) is 0 Å². The molecule has 0 aliphatic heterocycles. The van der Waals surface area contributed by atoms with Crippen LogP contribution in [0.15, 0.2) is 23.3 Å². The first kappa shape index (κ1) is 11.2. The third-order valence-corrected chi connectivity index (χ3v) is 1.63. The molecule has 12 heavy (non-hydrogen) atoms. The third-order valence-electron chi connectivity index (χ3n) is 1.63. The first-order valence-corrected chi connectivity index (χ1v) is 4.33. The van der Waals surface area contributed by atoms with E-state index in [1.165, 1.54) is 5.57 Å². The van der Waals surface area contributed by atoms with Gasteiger partial charge in [0.2, 0.25) is 0 Å². The van der Waals surface area contributed by atoms with Gasteiger partial charge in [-0.1, -0.05) is 24.6 Å². The molecule has 0 rings (SSSR count). The number of carbonyl (C=O) groups excluding carboxylic acids is 1. The summed E-state index contributed by atoms with van der Waals surface area (Å²) >= 11 is 0. The van der Waals surface area contributed by atoms with Gasteiger partial charge in [0.1, 0.15) is 6.29 Å². The predicted octanol–water partition coefficient (Wildman–Crippen LogP) is 3.12. The van der Waals surface area contributed by atoms with E-state index in [1.807, 2.05) is 13.0 Å². The fourth-order valence-electron chi connectivity index (χ4n) is 0.978. The van der Waals surface area contributed by atoms with Crippen LogP contribution < -0.4 is 0 Å². The first-order chi connectivity index (χ1) is 5.56. The SMILES string of the molecule is CC(C)=CC[C@@H](C)/C=C(\C)C=O. The molecule has 1 heteroatoms. The van der Waals surface area contributed by atoms with E-state index in [1.54, 1.807) is 0 Å². The fourth-order valence-corrected chi connectivity index (χ4v) is 0.978. The Kier molecular flexibility index (Phi) is 5.35. The van der Waals surface area contributed by atoms with Crippen molar-refractivity contribution in [3.05, 3.63) is 23.3 Å². The van der Waals surface area contributed by atoms with Gasteiger partial charge in [0, 0.05) is 0 Å². The molecule has 0 spiro atoms. The Morgan fingerprint density at radius 2 is 1.92 bits per heavy atom. The van der Waals surface area contributed by atoms with Gasteiger partial charge in [-0.25, -0.2) is 0 Å². The average Bonchev–Trinajstić information content (AvgIpc) is 2.00. The Morgan fingerprint density at radius 1 is 1.33 bits per heavy atom. The second kappa shape index (κ2) is 5.76. The van der Waals surface area contributed by atoms with Crippen LogP contribution in [0.3, 0.4) is 0 Å². The maximum Gasteiger partial charge on any atom is 0.145 e. The van der Waals surface area contributed by atoms with E-state index in [4.69, 9.17) is 0 Å². The Bertz CT molecular complexity index is 195. The average molecular weight is 166 g/mol. The Labute approximate surface area is 75.2 Å². The molecule has 0 fully saturated rings. The summed E-state index contributed by atoms with van der Waals surface area (Å²) in [6.07, 6.45) is 6.12. The van der Waals surface area contributed by atoms with Crippen molar-refractivity contribution in [2.45, 2.75) is 34.1 Å². The summed E-state index contributed by atoms with van der Waals surface area (Å²) in [4.78, 5) is 10.3. The van der Waals surface area contributed by atoms with Crippen molar-refractivity contribution < 1.29 is 4.79 Å². The van der Waals surface area contributed by atoms with Crippen molar-refractivity contribution >= 4 is 6.29 Å². The zero-order valence-corrected chi connectivity index (χ0v) is 8.42. The minimum absolute atomic E-state index is 0.463. The van der Waals surface area contributed by atoms with Crippen molar-refractivity contribution in [1.82, 2.24) is 0 Å². The Balaban J connectivity index is 3.97. The van der Waals surface area contributed by atoms with E-state index in [0.717, 1.165) is 18.3 Å². The zero-order valence-electron chi connectivity index (χ0n) is 8.42. The smallest absolute Gasteiger partial charge is 0.145 e. The maximum absolute atomic E-state index is 10.3. The van der Waals surface area contributed by atoms with E-state index >= 15 is 0 Å². The number of hydrogen-bond donors (Lipinski definition) is 0. The van der Waals surface area contributed by atoms with Gasteiger partial charge in [0.15, 0.2) is 0 Å². The van der Waals surface area contributed by atoms with Gasteiger partial charge in [-0.15, -0.1) is 0 Å². The molecule has 0 aliphatic rings. The largest absolute Gasteiger partial charge is 0.298 e. The van der Waals surface area contributed by atoms with E-state index in [9.17, 15) is 4.79 Å². The summed E-state index contributed by atoms with van der Waals surface area (Å²) in [6.45, 7) is 8.13. The Hall–Kier alpha value is -0.850. The minimum atomic E-state index is 0.463. The highest BCUT2D eigenvalue weighted by Gasteiger charge is 1.95. The molecule has 0 heterocycles. The van der Waals surface area contributed by atoms with Gasteiger partial charge < -0.3 is 0 Å². The normalized spacial score (nSPS) is 13.8. The van der Waals surface area contributed by atoms with Crippen LogP contribution in [0.4, 0.5) is 0 Å². The molecule has 0 unspecified atom stereocenters. The highest BCUT2D eigenvalue weighted by molar-refractivity contribution is 5.72. The standard InChI is InChI=1S/C11H18O/c1-9(2)5-6-10(3)7-11(4)8-12/h5,7-8,10H,6H2,1-4H3/b11-7+/t10-/m1/s1. The Morgan fingerprint density at radius 3 is 2.33 bits per heavy atom. The molecule has 1 nitrogen and oxygen atoms in total. The monoisotopic (exact) mass is 166 g/mol. The van der Waals surface area contributed by atoms with Crippen LogP contribution in [0.1, 0.15) is 34.1 Å². The van der Waals surface area contributed by atoms with E-state index < -0.39 is 0 Å². The highest BCUT2D eigenvalue weighted by Crippen LogP contribution is 2.08. The van der Waals surface area contributed by atoms with Crippen LogP contribution >= 0.6 is 0 Å². The number of rotatable bonds is 4. The molecule has 0 aromatic carbocycles. The van der Waals surface area contributed by atoms with Crippen molar-refractivity contribution in [3.63, 3.8) is 0 Å². The molecule has 0 aromatic rings. The van der Waals surface area contributed by atoms with Gasteiger partial charge in [-0.2, -0.15) is 0 Å². The molecule has 0 N–H and O–H groups in total. The lowest BCUT2D eigenvalue weighted by atomic mass is 10.0. The van der Waals surface area contributed by atoms with Gasteiger partial charge in [0.05, 0.1) is 0 Å². The second-order valence-electron chi connectivity index (χ2n) is 3.52.